The van der Waals surface area contributed by atoms with Gasteiger partial charge in [-0.25, -0.2) is 9.97 Å². The smallest absolute Gasteiger partial charge is 0.344 e. The maximum absolute atomic E-state index is 11.7. The van der Waals surface area contributed by atoms with Crippen molar-refractivity contribution < 1.29 is 18.3 Å². The van der Waals surface area contributed by atoms with Crippen molar-refractivity contribution in [3.63, 3.8) is 0 Å². The predicted molar refractivity (Wildman–Crippen MR) is 111 cm³/mol. The van der Waals surface area contributed by atoms with E-state index < -0.39 is 16.4 Å². The molecule has 2 aliphatic rings. The van der Waals surface area contributed by atoms with Crippen LogP contribution in [0.1, 0.15) is 30.7 Å². The monoisotopic (exact) mass is 432 g/mol. The topological polar surface area (TPSA) is 143 Å². The van der Waals surface area contributed by atoms with Gasteiger partial charge in [-0.15, -0.1) is 4.40 Å². The molecule has 0 spiro atoms. The summed E-state index contributed by atoms with van der Waals surface area (Å²) in [4.78, 5) is 10.4. The van der Waals surface area contributed by atoms with E-state index in [4.69, 9.17) is 10.5 Å². The van der Waals surface area contributed by atoms with Crippen molar-refractivity contribution in [2.45, 2.75) is 38.0 Å². The Morgan fingerprint density at radius 3 is 2.87 bits per heavy atom. The number of aliphatic hydroxyl groups is 1. The lowest BCUT2D eigenvalue weighted by atomic mass is 10.0. The average molecular weight is 433 g/mol. The van der Waals surface area contributed by atoms with Crippen LogP contribution in [-0.4, -0.2) is 59.6 Å². The number of nitrogens with zero attached hydrogens (tertiary/aromatic N) is 4. The number of amidine groups is 1. The molecule has 0 bridgehead atoms. The molecule has 4 N–H and O–H groups in total. The minimum Gasteiger partial charge on any atom is -0.491 e. The molecule has 0 saturated carbocycles. The summed E-state index contributed by atoms with van der Waals surface area (Å²) >= 11 is 0. The van der Waals surface area contributed by atoms with E-state index in [1.165, 1.54) is 0 Å². The van der Waals surface area contributed by atoms with Gasteiger partial charge in [-0.1, -0.05) is 12.5 Å². The molecule has 0 radical (unpaired) electrons. The Hall–Kier alpha value is -2.76. The second kappa shape index (κ2) is 8.54. The molecular weight excluding hydrogens is 408 g/mol. The number of fused-ring (bicyclic) bond motifs is 1. The summed E-state index contributed by atoms with van der Waals surface area (Å²) in [5.74, 6) is 0.923. The number of anilines is 1. The van der Waals surface area contributed by atoms with E-state index in [1.807, 2.05) is 4.90 Å². The first-order valence-electron chi connectivity index (χ1n) is 9.77. The molecule has 2 aliphatic heterocycles. The standard InChI is InChI=1S/C19H24N6O4S/c20-19-18-14(23-30(27,28)24-19)6-3-7-15(18)29-12-13-5-1-2-10-25(13)17(26)11-16-21-8-4-9-22-16/h3-4,6-9,13,17,23,26H,1-2,5,10-12H2,(H2,20,24)/t13-,17?/m1/s1. The SMILES string of the molecule is NC1=NS(=O)(=O)Nc2cccc(OC[C@H]3CCCCN3C(O)Cc3ncccn3)c21. The summed E-state index contributed by atoms with van der Waals surface area (Å²) in [6, 6.07) is 6.75. The molecule has 1 fully saturated rings. The van der Waals surface area contributed by atoms with Crippen LogP contribution >= 0.6 is 0 Å². The zero-order chi connectivity index (χ0) is 21.1. The number of nitrogens with one attached hydrogen (secondary N) is 1. The highest BCUT2D eigenvalue weighted by Crippen LogP contribution is 2.31. The Balaban J connectivity index is 1.47. The number of hydrogen-bond acceptors (Lipinski definition) is 8. The number of ether oxygens (including phenoxy) is 1. The fourth-order valence-electron chi connectivity index (χ4n) is 3.83. The van der Waals surface area contributed by atoms with Crippen LogP contribution in [0.15, 0.2) is 41.1 Å². The highest BCUT2D eigenvalue weighted by Gasteiger charge is 2.30. The number of benzene rings is 1. The van der Waals surface area contributed by atoms with E-state index in [0.29, 0.717) is 35.9 Å². The zero-order valence-electron chi connectivity index (χ0n) is 16.3. The summed E-state index contributed by atoms with van der Waals surface area (Å²) < 4.78 is 35.4. The summed E-state index contributed by atoms with van der Waals surface area (Å²) in [5.41, 5.74) is 6.64. The van der Waals surface area contributed by atoms with Gasteiger partial charge in [0.1, 0.15) is 24.4 Å². The van der Waals surface area contributed by atoms with Gasteiger partial charge in [0.2, 0.25) is 0 Å². The van der Waals surface area contributed by atoms with Crippen LogP contribution in [0.25, 0.3) is 0 Å². The van der Waals surface area contributed by atoms with Crippen molar-refractivity contribution in [2.24, 2.45) is 10.1 Å². The Bertz CT molecular complexity index is 1030. The fraction of sp³-hybridized carbons (Fsp3) is 0.421. The van der Waals surface area contributed by atoms with Crippen molar-refractivity contribution >= 4 is 21.7 Å². The highest BCUT2D eigenvalue weighted by molar-refractivity contribution is 7.91. The first kappa shape index (κ1) is 20.5. The molecule has 11 heteroatoms. The number of aliphatic hydroxyl groups excluding tert-OH is 1. The maximum atomic E-state index is 11.7. The first-order chi connectivity index (χ1) is 14.4. The normalized spacial score (nSPS) is 21.8. The Morgan fingerprint density at radius 1 is 1.27 bits per heavy atom. The third-order valence-electron chi connectivity index (χ3n) is 5.21. The van der Waals surface area contributed by atoms with E-state index in [9.17, 15) is 13.5 Å². The van der Waals surface area contributed by atoms with Crippen molar-refractivity contribution in [3.05, 3.63) is 48.0 Å². The van der Waals surface area contributed by atoms with Crippen LogP contribution in [0.3, 0.4) is 0 Å². The molecule has 1 unspecified atom stereocenters. The van der Waals surface area contributed by atoms with Crippen LogP contribution < -0.4 is 15.2 Å². The lowest BCUT2D eigenvalue weighted by Gasteiger charge is -2.38. The van der Waals surface area contributed by atoms with Crippen LogP contribution in [-0.2, 0) is 16.6 Å². The minimum absolute atomic E-state index is 0.00763. The maximum Gasteiger partial charge on any atom is 0.344 e. The molecule has 4 rings (SSSR count). The van der Waals surface area contributed by atoms with Gasteiger partial charge in [-0.2, -0.15) is 8.42 Å². The molecule has 2 aromatic rings. The molecule has 160 valence electrons. The molecule has 2 atom stereocenters. The van der Waals surface area contributed by atoms with Crippen molar-refractivity contribution in [1.82, 2.24) is 14.9 Å². The van der Waals surface area contributed by atoms with Gasteiger partial charge in [0.05, 0.1) is 11.3 Å². The summed E-state index contributed by atoms with van der Waals surface area (Å²) in [6.45, 7) is 1.07. The van der Waals surface area contributed by atoms with Gasteiger partial charge >= 0.3 is 10.2 Å². The Labute approximate surface area is 175 Å². The van der Waals surface area contributed by atoms with Gasteiger partial charge in [0.15, 0.2) is 5.84 Å². The van der Waals surface area contributed by atoms with Gasteiger partial charge in [-0.05, 0) is 31.0 Å². The molecular formula is C19H24N6O4S. The quantitative estimate of drug-likeness (QED) is 0.604. The molecule has 10 nitrogen and oxygen atoms in total. The van der Waals surface area contributed by atoms with E-state index in [-0.39, 0.29) is 11.9 Å². The van der Waals surface area contributed by atoms with Crippen molar-refractivity contribution in [2.75, 3.05) is 17.9 Å². The molecule has 1 saturated heterocycles. The third-order valence-corrected chi connectivity index (χ3v) is 6.13. The molecule has 1 aromatic carbocycles. The van der Waals surface area contributed by atoms with E-state index in [0.717, 1.165) is 25.8 Å². The fourth-order valence-corrected chi connectivity index (χ4v) is 4.68. The van der Waals surface area contributed by atoms with E-state index in [1.54, 1.807) is 36.7 Å². The molecule has 1 aromatic heterocycles. The second-order valence-corrected chi connectivity index (χ2v) is 8.62. The summed E-state index contributed by atoms with van der Waals surface area (Å²) in [6.07, 6.45) is 5.83. The highest BCUT2D eigenvalue weighted by atomic mass is 32.2. The van der Waals surface area contributed by atoms with Crippen LogP contribution in [0, 0.1) is 0 Å². The largest absolute Gasteiger partial charge is 0.491 e. The summed E-state index contributed by atoms with van der Waals surface area (Å²) in [7, 11) is -3.84. The van der Waals surface area contributed by atoms with E-state index >= 15 is 0 Å². The number of aromatic nitrogens is 2. The summed E-state index contributed by atoms with van der Waals surface area (Å²) in [5, 5.41) is 10.8. The molecule has 30 heavy (non-hydrogen) atoms. The molecule has 0 amide bonds. The number of rotatable bonds is 6. The number of hydrogen-bond donors (Lipinski definition) is 3. The van der Waals surface area contributed by atoms with Gasteiger partial charge in [-0.3, -0.25) is 9.62 Å². The number of nitrogens with two attached hydrogens (primary N) is 1. The second-order valence-electron chi connectivity index (χ2n) is 7.28. The Kier molecular flexibility index (Phi) is 5.84. The average Bonchev–Trinajstić information content (AvgIpc) is 2.72. The molecule has 3 heterocycles. The van der Waals surface area contributed by atoms with Crippen LogP contribution in [0.4, 0.5) is 5.69 Å². The lowest BCUT2D eigenvalue weighted by molar-refractivity contribution is -0.0518. The molecule has 0 aliphatic carbocycles. The van der Waals surface area contributed by atoms with E-state index in [2.05, 4.69) is 19.1 Å². The zero-order valence-corrected chi connectivity index (χ0v) is 17.1. The predicted octanol–water partition coefficient (Wildman–Crippen LogP) is 0.647. The first-order valence-corrected chi connectivity index (χ1v) is 11.2. The van der Waals surface area contributed by atoms with Crippen LogP contribution in [0.2, 0.25) is 0 Å². The lowest BCUT2D eigenvalue weighted by Crippen LogP contribution is -2.50. The number of likely N-dealkylation sites (tertiary alicyclic amines) is 1. The number of piperidine rings is 1. The van der Waals surface area contributed by atoms with Crippen LogP contribution in [0.5, 0.6) is 5.75 Å². The van der Waals surface area contributed by atoms with Crippen molar-refractivity contribution in [1.29, 1.82) is 0 Å². The minimum atomic E-state index is -3.84. The van der Waals surface area contributed by atoms with Gasteiger partial charge in [0, 0.05) is 31.4 Å². The van der Waals surface area contributed by atoms with Gasteiger partial charge in [0.25, 0.3) is 0 Å². The Morgan fingerprint density at radius 2 is 2.07 bits per heavy atom. The van der Waals surface area contributed by atoms with Crippen molar-refractivity contribution in [3.8, 4) is 5.75 Å². The van der Waals surface area contributed by atoms with Gasteiger partial charge < -0.3 is 15.6 Å². The third kappa shape index (κ3) is 4.53.